The Kier molecular flexibility index (Phi) is 10.2. The second-order valence-electron chi connectivity index (χ2n) is 8.95. The number of hydrogen-bond donors (Lipinski definition) is 1. The molecule has 2 unspecified atom stereocenters. The molecule has 0 aromatic heterocycles. The number of likely N-dealkylation sites (tertiary alicyclic amines) is 1. The number of halogens is 3. The van der Waals surface area contributed by atoms with Crippen LogP contribution in [-0.4, -0.2) is 74.3 Å². The van der Waals surface area contributed by atoms with Crippen LogP contribution in [0, 0.1) is 11.7 Å². The topological polar surface area (TPSA) is 54.0 Å². The average molecular weight is 490 g/mol. The Morgan fingerprint density at radius 3 is 2.67 bits per heavy atom. The van der Waals surface area contributed by atoms with Gasteiger partial charge in [0.25, 0.3) is 6.43 Å². The monoisotopic (exact) mass is 489 g/mol. The van der Waals surface area contributed by atoms with E-state index < -0.39 is 19.1 Å². The van der Waals surface area contributed by atoms with Gasteiger partial charge in [0, 0.05) is 37.2 Å². The zero-order valence-corrected chi connectivity index (χ0v) is 20.0. The second kappa shape index (κ2) is 12.8. The van der Waals surface area contributed by atoms with Crippen LogP contribution in [0.1, 0.15) is 43.6 Å². The van der Waals surface area contributed by atoms with Gasteiger partial charge < -0.3 is 14.4 Å². The van der Waals surface area contributed by atoms with Crippen LogP contribution < -0.4 is 4.72 Å². The summed E-state index contributed by atoms with van der Waals surface area (Å²) in [6, 6.07) is 6.95. The van der Waals surface area contributed by atoms with Crippen molar-refractivity contribution in [2.75, 3.05) is 40.4 Å². The maximum atomic E-state index is 13.5. The lowest BCUT2D eigenvalue weighted by Gasteiger charge is -2.39. The van der Waals surface area contributed by atoms with Crippen molar-refractivity contribution in [3.8, 4) is 0 Å². The first-order chi connectivity index (χ1) is 15.8. The maximum Gasteiger partial charge on any atom is 0.409 e. The molecule has 2 aliphatic rings. The van der Waals surface area contributed by atoms with Crippen molar-refractivity contribution in [3.63, 3.8) is 0 Å². The Bertz CT molecular complexity index is 751. The van der Waals surface area contributed by atoms with Gasteiger partial charge >= 0.3 is 6.09 Å². The summed E-state index contributed by atoms with van der Waals surface area (Å²) in [5, 5.41) is 0. The Morgan fingerprint density at radius 2 is 2.00 bits per heavy atom. The number of carbonyl (C=O) groups is 1. The number of nitrogens with one attached hydrogen (secondary N) is 1. The van der Waals surface area contributed by atoms with Crippen molar-refractivity contribution in [1.29, 1.82) is 0 Å². The minimum Gasteiger partial charge on any atom is -0.443 e. The molecule has 33 heavy (non-hydrogen) atoms. The zero-order valence-electron chi connectivity index (χ0n) is 19.2. The maximum absolute atomic E-state index is 13.5. The standard InChI is InChI=1S/C23H34F3N3O3S/c1-28(2)33-27-21-10-11-29(23(30)32-15-22(25)26)13-18(21)14-31-20-8-6-16(7-9-20)17-4-3-5-19(24)12-17/h3-5,12,16,18,20-22,27H,6-11,13-15H2,1-2H3. The third-order valence-electron chi connectivity index (χ3n) is 6.25. The molecule has 186 valence electrons. The third-order valence-corrected chi connectivity index (χ3v) is 7.03. The summed E-state index contributed by atoms with van der Waals surface area (Å²) >= 11 is 1.49. The molecule has 3 rings (SSSR count). The van der Waals surface area contributed by atoms with E-state index in [1.165, 1.54) is 23.1 Å². The summed E-state index contributed by atoms with van der Waals surface area (Å²) in [7, 11) is 3.88. The minimum atomic E-state index is -2.67. The van der Waals surface area contributed by atoms with E-state index in [2.05, 4.69) is 4.72 Å². The summed E-state index contributed by atoms with van der Waals surface area (Å²) in [6.07, 6.45) is 1.13. The lowest BCUT2D eigenvalue weighted by atomic mass is 9.82. The number of rotatable bonds is 9. The zero-order chi connectivity index (χ0) is 23.8. The summed E-state index contributed by atoms with van der Waals surface area (Å²) in [5.41, 5.74) is 1.05. The van der Waals surface area contributed by atoms with Crippen LogP contribution in [0.25, 0.3) is 0 Å². The van der Waals surface area contributed by atoms with Crippen molar-refractivity contribution >= 4 is 18.2 Å². The van der Waals surface area contributed by atoms with Crippen molar-refractivity contribution < 1.29 is 27.4 Å². The summed E-state index contributed by atoms with van der Waals surface area (Å²) in [6.45, 7) is 0.429. The van der Waals surface area contributed by atoms with Crippen LogP contribution in [0.2, 0.25) is 0 Å². The Morgan fingerprint density at radius 1 is 1.24 bits per heavy atom. The average Bonchev–Trinajstić information content (AvgIpc) is 2.80. The lowest BCUT2D eigenvalue weighted by Crippen LogP contribution is -2.52. The van der Waals surface area contributed by atoms with Gasteiger partial charge in [-0.2, -0.15) is 0 Å². The van der Waals surface area contributed by atoms with Gasteiger partial charge in [-0.3, -0.25) is 0 Å². The van der Waals surface area contributed by atoms with Crippen LogP contribution >= 0.6 is 12.1 Å². The molecular weight excluding hydrogens is 455 g/mol. The number of piperidine rings is 1. The molecule has 0 spiro atoms. The molecule has 1 amide bonds. The van der Waals surface area contributed by atoms with E-state index in [0.717, 1.165) is 31.2 Å². The number of alkyl halides is 2. The number of carbonyl (C=O) groups excluding carboxylic acids is 1. The Balaban J connectivity index is 1.51. The van der Waals surface area contributed by atoms with Gasteiger partial charge in [-0.25, -0.2) is 27.0 Å². The quantitative estimate of drug-likeness (QED) is 0.509. The van der Waals surface area contributed by atoms with E-state index in [0.29, 0.717) is 32.0 Å². The van der Waals surface area contributed by atoms with Crippen LogP contribution in [0.4, 0.5) is 18.0 Å². The van der Waals surface area contributed by atoms with Crippen LogP contribution in [0.5, 0.6) is 0 Å². The van der Waals surface area contributed by atoms with E-state index in [1.54, 1.807) is 12.1 Å². The molecule has 1 aromatic rings. The number of hydrogen-bond acceptors (Lipinski definition) is 6. The van der Waals surface area contributed by atoms with Crippen molar-refractivity contribution in [2.45, 2.75) is 56.6 Å². The van der Waals surface area contributed by atoms with E-state index in [1.807, 2.05) is 24.5 Å². The highest BCUT2D eigenvalue weighted by atomic mass is 32.2. The molecule has 0 radical (unpaired) electrons. The van der Waals surface area contributed by atoms with E-state index in [9.17, 15) is 18.0 Å². The van der Waals surface area contributed by atoms with Gasteiger partial charge in [0.05, 0.1) is 12.7 Å². The smallest absolute Gasteiger partial charge is 0.409 e. The van der Waals surface area contributed by atoms with Gasteiger partial charge in [0.1, 0.15) is 5.82 Å². The highest BCUT2D eigenvalue weighted by Gasteiger charge is 2.34. The van der Waals surface area contributed by atoms with Crippen molar-refractivity contribution in [1.82, 2.24) is 13.9 Å². The number of benzene rings is 1. The van der Waals surface area contributed by atoms with Crippen LogP contribution in [0.3, 0.4) is 0 Å². The first kappa shape index (κ1) is 26.1. The molecule has 10 heteroatoms. The normalized spacial score (nSPS) is 26.1. The van der Waals surface area contributed by atoms with Gasteiger partial charge in [0.15, 0.2) is 6.61 Å². The molecule has 2 fully saturated rings. The minimum absolute atomic E-state index is 0.0197. The second-order valence-corrected chi connectivity index (χ2v) is 10.1. The predicted octanol–water partition coefficient (Wildman–Crippen LogP) is 4.68. The fourth-order valence-electron chi connectivity index (χ4n) is 4.50. The Labute approximate surface area is 198 Å². The molecule has 0 bridgehead atoms. The SMILES string of the molecule is CN(C)SNC1CCN(C(=O)OCC(F)F)CC1COC1CCC(c2cccc(F)c2)CC1. The summed E-state index contributed by atoms with van der Waals surface area (Å²) < 4.78 is 54.7. The molecular formula is C23H34F3N3O3S. The lowest BCUT2D eigenvalue weighted by molar-refractivity contribution is -0.0204. The van der Waals surface area contributed by atoms with Crippen LogP contribution in [0.15, 0.2) is 24.3 Å². The van der Waals surface area contributed by atoms with Gasteiger partial charge in [0.2, 0.25) is 0 Å². The first-order valence-electron chi connectivity index (χ1n) is 11.5. The van der Waals surface area contributed by atoms with Gasteiger partial charge in [-0.05, 0) is 69.8 Å². The molecule has 6 nitrogen and oxygen atoms in total. The third kappa shape index (κ3) is 8.35. The number of nitrogens with zero attached hydrogens (tertiary/aromatic N) is 2. The predicted molar refractivity (Wildman–Crippen MR) is 123 cm³/mol. The molecule has 1 saturated heterocycles. The molecule has 1 N–H and O–H groups in total. The molecule has 1 saturated carbocycles. The van der Waals surface area contributed by atoms with E-state index in [4.69, 9.17) is 9.47 Å². The van der Waals surface area contributed by atoms with Gasteiger partial charge in [-0.15, -0.1) is 0 Å². The molecule has 1 aliphatic heterocycles. The molecule has 1 heterocycles. The van der Waals surface area contributed by atoms with E-state index >= 15 is 0 Å². The number of amides is 1. The van der Waals surface area contributed by atoms with Crippen molar-refractivity contribution in [2.24, 2.45) is 5.92 Å². The molecule has 2 atom stereocenters. The largest absolute Gasteiger partial charge is 0.443 e. The first-order valence-corrected chi connectivity index (χ1v) is 12.3. The highest BCUT2D eigenvalue weighted by molar-refractivity contribution is 7.95. The number of ether oxygens (including phenoxy) is 2. The summed E-state index contributed by atoms with van der Waals surface area (Å²) in [5.74, 6) is 0.168. The summed E-state index contributed by atoms with van der Waals surface area (Å²) in [4.78, 5) is 13.7. The fourth-order valence-corrected chi connectivity index (χ4v) is 5.16. The van der Waals surface area contributed by atoms with Gasteiger partial charge in [-0.1, -0.05) is 12.1 Å². The highest BCUT2D eigenvalue weighted by Crippen LogP contribution is 2.34. The van der Waals surface area contributed by atoms with Crippen molar-refractivity contribution in [3.05, 3.63) is 35.6 Å². The molecule has 1 aromatic carbocycles. The molecule has 1 aliphatic carbocycles. The Hall–Kier alpha value is -1.49. The van der Waals surface area contributed by atoms with Crippen LogP contribution in [-0.2, 0) is 9.47 Å². The van der Waals surface area contributed by atoms with E-state index in [-0.39, 0.29) is 23.9 Å². The fraction of sp³-hybridized carbons (Fsp3) is 0.696.